The van der Waals surface area contributed by atoms with Crippen LogP contribution in [0.1, 0.15) is 0 Å². The van der Waals surface area contributed by atoms with Gasteiger partial charge in [0.05, 0.1) is 11.8 Å². The fourth-order valence-electron chi connectivity index (χ4n) is 3.08. The van der Waals surface area contributed by atoms with Crippen molar-refractivity contribution in [1.29, 1.82) is 5.26 Å². The maximum atomic E-state index is 12.9. The SMILES string of the molecule is N#CCN(C(=O)CSc1nnc(-c2ccncc2)n1-c1ccc(Cl)cc1)c1ccccc1. The fraction of sp³-hybridized carbons (Fsp3) is 0.0870. The number of thioether (sulfide) groups is 1. The lowest BCUT2D eigenvalue weighted by molar-refractivity contribution is -0.116. The van der Waals surface area contributed by atoms with Crippen molar-refractivity contribution in [3.8, 4) is 23.1 Å². The smallest absolute Gasteiger partial charge is 0.238 e. The van der Waals surface area contributed by atoms with Gasteiger partial charge in [0.1, 0.15) is 6.54 Å². The second kappa shape index (κ2) is 10.1. The van der Waals surface area contributed by atoms with Crippen molar-refractivity contribution in [3.63, 3.8) is 0 Å². The molecule has 0 bridgehead atoms. The monoisotopic (exact) mass is 460 g/mol. The minimum absolute atomic E-state index is 0.0322. The number of carbonyl (C=O) groups is 1. The molecule has 9 heteroatoms. The maximum Gasteiger partial charge on any atom is 0.238 e. The van der Waals surface area contributed by atoms with Gasteiger partial charge in [-0.05, 0) is 48.5 Å². The highest BCUT2D eigenvalue weighted by Crippen LogP contribution is 2.29. The number of pyridine rings is 1. The van der Waals surface area contributed by atoms with E-state index in [4.69, 9.17) is 11.6 Å². The largest absolute Gasteiger partial charge is 0.298 e. The predicted octanol–water partition coefficient (Wildman–Crippen LogP) is 4.63. The van der Waals surface area contributed by atoms with Crippen LogP contribution in [0.4, 0.5) is 5.69 Å². The molecule has 2 heterocycles. The number of anilines is 1. The summed E-state index contributed by atoms with van der Waals surface area (Å²) in [7, 11) is 0. The molecule has 0 saturated heterocycles. The summed E-state index contributed by atoms with van der Waals surface area (Å²) in [6.07, 6.45) is 3.37. The summed E-state index contributed by atoms with van der Waals surface area (Å²) in [5, 5.41) is 19.0. The first-order chi connectivity index (χ1) is 15.7. The Morgan fingerprint density at radius 3 is 2.44 bits per heavy atom. The van der Waals surface area contributed by atoms with Crippen molar-refractivity contribution < 1.29 is 4.79 Å². The van der Waals surface area contributed by atoms with Gasteiger partial charge in [-0.2, -0.15) is 5.26 Å². The van der Waals surface area contributed by atoms with Crippen LogP contribution < -0.4 is 4.90 Å². The molecule has 0 spiro atoms. The van der Waals surface area contributed by atoms with E-state index in [1.54, 1.807) is 36.7 Å². The standard InChI is InChI=1S/C23H17ClN6OS/c24-18-6-8-20(9-7-18)30-22(17-10-13-26-14-11-17)27-28-23(30)32-16-21(31)29(15-12-25)19-4-2-1-3-5-19/h1-11,13-14H,15-16H2. The van der Waals surface area contributed by atoms with Crippen LogP contribution >= 0.6 is 23.4 Å². The number of rotatable bonds is 7. The number of carbonyl (C=O) groups excluding carboxylic acids is 1. The van der Waals surface area contributed by atoms with E-state index in [9.17, 15) is 10.1 Å². The Morgan fingerprint density at radius 2 is 1.75 bits per heavy atom. The molecular formula is C23H17ClN6OS. The van der Waals surface area contributed by atoms with E-state index in [-0.39, 0.29) is 18.2 Å². The van der Waals surface area contributed by atoms with Crippen LogP contribution in [0.3, 0.4) is 0 Å². The van der Waals surface area contributed by atoms with Crippen molar-refractivity contribution in [2.24, 2.45) is 0 Å². The van der Waals surface area contributed by atoms with Gasteiger partial charge in [-0.1, -0.05) is 41.6 Å². The number of hydrogen-bond acceptors (Lipinski definition) is 6. The van der Waals surface area contributed by atoms with Crippen LogP contribution in [-0.4, -0.2) is 38.0 Å². The summed E-state index contributed by atoms with van der Waals surface area (Å²) in [4.78, 5) is 18.5. The Morgan fingerprint density at radius 1 is 1.03 bits per heavy atom. The van der Waals surface area contributed by atoms with Crippen LogP contribution in [0.2, 0.25) is 5.02 Å². The molecule has 32 heavy (non-hydrogen) atoms. The summed E-state index contributed by atoms with van der Waals surface area (Å²) >= 11 is 7.32. The Balaban J connectivity index is 1.64. The molecule has 0 aliphatic heterocycles. The highest BCUT2D eigenvalue weighted by molar-refractivity contribution is 7.99. The lowest BCUT2D eigenvalue weighted by Gasteiger charge is -2.19. The number of halogens is 1. The fourth-order valence-corrected chi connectivity index (χ4v) is 4.03. The normalized spacial score (nSPS) is 10.5. The molecule has 0 fully saturated rings. The topological polar surface area (TPSA) is 87.7 Å². The molecule has 0 atom stereocenters. The quantitative estimate of drug-likeness (QED) is 0.295. The number of nitrogens with zero attached hydrogens (tertiary/aromatic N) is 6. The van der Waals surface area contributed by atoms with E-state index in [0.29, 0.717) is 21.7 Å². The van der Waals surface area contributed by atoms with Gasteiger partial charge < -0.3 is 0 Å². The number of benzene rings is 2. The van der Waals surface area contributed by atoms with Crippen molar-refractivity contribution in [1.82, 2.24) is 19.7 Å². The molecule has 0 N–H and O–H groups in total. The molecule has 2 aromatic heterocycles. The Bertz CT molecular complexity index is 1240. The third-order valence-electron chi connectivity index (χ3n) is 4.58. The zero-order valence-corrected chi connectivity index (χ0v) is 18.4. The number of para-hydroxylation sites is 1. The first-order valence-electron chi connectivity index (χ1n) is 9.64. The van der Waals surface area contributed by atoms with E-state index >= 15 is 0 Å². The van der Waals surface area contributed by atoms with E-state index < -0.39 is 0 Å². The Kier molecular flexibility index (Phi) is 6.80. The van der Waals surface area contributed by atoms with Crippen LogP contribution in [-0.2, 0) is 4.79 Å². The zero-order valence-electron chi connectivity index (χ0n) is 16.8. The highest BCUT2D eigenvalue weighted by atomic mass is 35.5. The highest BCUT2D eigenvalue weighted by Gasteiger charge is 2.20. The van der Waals surface area contributed by atoms with Gasteiger partial charge in [0, 0.05) is 34.4 Å². The molecule has 0 unspecified atom stereocenters. The molecule has 0 aliphatic carbocycles. The summed E-state index contributed by atoms with van der Waals surface area (Å²) in [6.45, 7) is -0.0322. The van der Waals surface area contributed by atoms with Gasteiger partial charge in [0.15, 0.2) is 11.0 Å². The average molecular weight is 461 g/mol. The Labute approximate surface area is 194 Å². The maximum absolute atomic E-state index is 12.9. The third kappa shape index (κ3) is 4.80. The Hall–Kier alpha value is -3.67. The summed E-state index contributed by atoms with van der Waals surface area (Å²) in [5.41, 5.74) is 2.34. The average Bonchev–Trinajstić information content (AvgIpc) is 3.26. The number of hydrogen-bond donors (Lipinski definition) is 0. The van der Waals surface area contributed by atoms with Crippen molar-refractivity contribution in [3.05, 3.63) is 84.1 Å². The van der Waals surface area contributed by atoms with Gasteiger partial charge >= 0.3 is 0 Å². The molecule has 2 aromatic carbocycles. The van der Waals surface area contributed by atoms with E-state index in [1.165, 1.54) is 16.7 Å². The second-order valence-corrected chi connectivity index (χ2v) is 8.00. The number of nitriles is 1. The molecule has 7 nitrogen and oxygen atoms in total. The van der Waals surface area contributed by atoms with Crippen molar-refractivity contribution in [2.45, 2.75) is 5.16 Å². The summed E-state index contributed by atoms with van der Waals surface area (Å²) in [5.74, 6) is 0.527. The van der Waals surface area contributed by atoms with Crippen LogP contribution in [0, 0.1) is 11.3 Å². The van der Waals surface area contributed by atoms with Crippen LogP contribution in [0.25, 0.3) is 17.1 Å². The molecule has 4 aromatic rings. The second-order valence-electron chi connectivity index (χ2n) is 6.62. The summed E-state index contributed by atoms with van der Waals surface area (Å²) < 4.78 is 1.88. The van der Waals surface area contributed by atoms with Gasteiger partial charge in [-0.3, -0.25) is 19.2 Å². The molecule has 158 valence electrons. The van der Waals surface area contributed by atoms with E-state index in [1.807, 2.05) is 47.0 Å². The lowest BCUT2D eigenvalue weighted by Crippen LogP contribution is -2.32. The molecular weight excluding hydrogens is 444 g/mol. The van der Waals surface area contributed by atoms with Crippen LogP contribution in [0.5, 0.6) is 0 Å². The van der Waals surface area contributed by atoms with Gasteiger partial charge in [0.25, 0.3) is 0 Å². The lowest BCUT2D eigenvalue weighted by atomic mass is 10.2. The predicted molar refractivity (Wildman–Crippen MR) is 125 cm³/mol. The first-order valence-corrected chi connectivity index (χ1v) is 11.0. The van der Waals surface area contributed by atoms with Crippen molar-refractivity contribution in [2.75, 3.05) is 17.2 Å². The minimum atomic E-state index is -0.195. The van der Waals surface area contributed by atoms with E-state index in [0.717, 1.165) is 11.3 Å². The zero-order chi connectivity index (χ0) is 22.3. The molecule has 4 rings (SSSR count). The molecule has 0 saturated carbocycles. The van der Waals surface area contributed by atoms with Gasteiger partial charge in [0.2, 0.25) is 5.91 Å². The van der Waals surface area contributed by atoms with Gasteiger partial charge in [-0.15, -0.1) is 10.2 Å². The number of amides is 1. The third-order valence-corrected chi connectivity index (χ3v) is 5.74. The van der Waals surface area contributed by atoms with Gasteiger partial charge in [-0.25, -0.2) is 0 Å². The van der Waals surface area contributed by atoms with Crippen molar-refractivity contribution >= 4 is 35.0 Å². The first kappa shape index (κ1) is 21.6. The summed E-state index contributed by atoms with van der Waals surface area (Å²) in [6, 6.07) is 22.2. The minimum Gasteiger partial charge on any atom is -0.298 e. The molecule has 0 radical (unpaired) electrons. The molecule has 1 amide bonds. The number of aromatic nitrogens is 4. The van der Waals surface area contributed by atoms with Crippen LogP contribution in [0.15, 0.2) is 84.3 Å². The molecule has 0 aliphatic rings. The van der Waals surface area contributed by atoms with E-state index in [2.05, 4.69) is 21.3 Å².